The van der Waals surface area contributed by atoms with E-state index in [0.717, 1.165) is 0 Å². The molecule has 5 heteroatoms. The van der Waals surface area contributed by atoms with Gasteiger partial charge in [-0.3, -0.25) is 4.79 Å². The van der Waals surface area contributed by atoms with Crippen LogP contribution in [0.1, 0.15) is 13.8 Å². The van der Waals surface area contributed by atoms with Crippen LogP contribution in [0.2, 0.25) is 0 Å². The molecule has 84 valence electrons. The number of hydrogen-bond acceptors (Lipinski definition) is 4. The highest BCUT2D eigenvalue weighted by atomic mass is 16.3. The molecule has 0 aliphatic rings. The van der Waals surface area contributed by atoms with Gasteiger partial charge in [-0.2, -0.15) is 0 Å². The highest BCUT2D eigenvalue weighted by Gasteiger charge is 2.10. The number of anilines is 1. The number of nitrogens with zero attached hydrogens (tertiary/aromatic N) is 2. The summed E-state index contributed by atoms with van der Waals surface area (Å²) in [6, 6.07) is 0. The summed E-state index contributed by atoms with van der Waals surface area (Å²) >= 11 is 0. The van der Waals surface area contributed by atoms with Crippen molar-refractivity contribution >= 4 is 5.82 Å². The van der Waals surface area contributed by atoms with Crippen LogP contribution in [0.5, 0.6) is 0 Å². The van der Waals surface area contributed by atoms with Crippen molar-refractivity contribution in [1.82, 2.24) is 9.55 Å². The summed E-state index contributed by atoms with van der Waals surface area (Å²) in [5.41, 5.74) is -0.187. The van der Waals surface area contributed by atoms with E-state index in [4.69, 9.17) is 0 Å². The predicted octanol–water partition coefficient (Wildman–Crippen LogP) is 0.209. The molecule has 1 aromatic heterocycles. The molecule has 0 fully saturated rings. The monoisotopic (exact) mass is 211 g/mol. The number of aromatic nitrogens is 2. The van der Waals surface area contributed by atoms with Crippen molar-refractivity contribution in [1.29, 1.82) is 0 Å². The predicted molar refractivity (Wildman–Crippen MR) is 58.8 cm³/mol. The number of hydrogen-bond donors (Lipinski definition) is 2. The maximum absolute atomic E-state index is 11.5. The quantitative estimate of drug-likeness (QED) is 0.747. The van der Waals surface area contributed by atoms with Gasteiger partial charge in [-0.15, -0.1) is 0 Å². The number of aliphatic hydroxyl groups excluding tert-OH is 1. The molecular formula is C10H17N3O2. The molecule has 1 rings (SSSR count). The molecule has 0 aliphatic heterocycles. The van der Waals surface area contributed by atoms with E-state index >= 15 is 0 Å². The first-order valence-electron chi connectivity index (χ1n) is 4.96. The van der Waals surface area contributed by atoms with E-state index in [-0.39, 0.29) is 17.3 Å². The van der Waals surface area contributed by atoms with Crippen LogP contribution in [0.15, 0.2) is 17.2 Å². The first kappa shape index (κ1) is 11.7. The average Bonchev–Trinajstić information content (AvgIpc) is 2.19. The zero-order valence-electron chi connectivity index (χ0n) is 9.27. The number of aliphatic hydroxyl groups is 1. The minimum atomic E-state index is -0.475. The van der Waals surface area contributed by atoms with Crippen LogP contribution in [-0.2, 0) is 7.05 Å². The van der Waals surface area contributed by atoms with Crippen molar-refractivity contribution < 1.29 is 5.11 Å². The second-order valence-electron chi connectivity index (χ2n) is 3.88. The summed E-state index contributed by atoms with van der Waals surface area (Å²) in [5, 5.41) is 12.4. The molecule has 0 radical (unpaired) electrons. The van der Waals surface area contributed by atoms with Gasteiger partial charge in [0.25, 0.3) is 5.56 Å². The standard InChI is InChI=1S/C10H17N3O2/c1-7(2)8(14)6-12-9-10(15)13(3)5-4-11-9/h4-5,7-8,14H,6H2,1-3H3,(H,11,12). The molecule has 0 amide bonds. The Balaban J connectivity index is 2.66. The molecule has 0 aromatic carbocycles. The van der Waals surface area contributed by atoms with Crippen molar-refractivity contribution in [3.8, 4) is 0 Å². The van der Waals surface area contributed by atoms with Crippen LogP contribution in [0, 0.1) is 5.92 Å². The third-order valence-corrected chi connectivity index (χ3v) is 2.27. The Kier molecular flexibility index (Phi) is 3.85. The highest BCUT2D eigenvalue weighted by molar-refractivity contribution is 5.30. The van der Waals surface area contributed by atoms with Gasteiger partial charge in [0, 0.05) is 26.0 Å². The van der Waals surface area contributed by atoms with E-state index in [1.807, 2.05) is 13.8 Å². The molecule has 0 saturated heterocycles. The van der Waals surface area contributed by atoms with Gasteiger partial charge in [-0.25, -0.2) is 4.98 Å². The Bertz CT molecular complexity index is 373. The Morgan fingerprint density at radius 3 is 2.87 bits per heavy atom. The van der Waals surface area contributed by atoms with E-state index in [9.17, 15) is 9.90 Å². The molecule has 1 unspecified atom stereocenters. The van der Waals surface area contributed by atoms with Gasteiger partial charge in [0.15, 0.2) is 5.82 Å². The molecule has 1 aromatic rings. The lowest BCUT2D eigenvalue weighted by atomic mass is 10.1. The minimum absolute atomic E-state index is 0.157. The van der Waals surface area contributed by atoms with Crippen LogP contribution in [0.3, 0.4) is 0 Å². The molecule has 2 N–H and O–H groups in total. The molecule has 1 heterocycles. The molecule has 0 spiro atoms. The Hall–Kier alpha value is -1.36. The molecule has 0 aliphatic carbocycles. The lowest BCUT2D eigenvalue weighted by Crippen LogP contribution is -2.29. The van der Waals surface area contributed by atoms with Gasteiger partial charge in [0.2, 0.25) is 0 Å². The van der Waals surface area contributed by atoms with Crippen molar-refractivity contribution in [3.63, 3.8) is 0 Å². The molecule has 0 saturated carbocycles. The number of nitrogens with one attached hydrogen (secondary N) is 1. The third kappa shape index (κ3) is 3.06. The fourth-order valence-corrected chi connectivity index (χ4v) is 1.06. The van der Waals surface area contributed by atoms with Crippen molar-refractivity contribution in [2.75, 3.05) is 11.9 Å². The third-order valence-electron chi connectivity index (χ3n) is 2.27. The maximum Gasteiger partial charge on any atom is 0.293 e. The van der Waals surface area contributed by atoms with E-state index < -0.39 is 6.10 Å². The largest absolute Gasteiger partial charge is 0.391 e. The topological polar surface area (TPSA) is 67.2 Å². The Morgan fingerprint density at radius 1 is 1.60 bits per heavy atom. The van der Waals surface area contributed by atoms with E-state index in [1.54, 1.807) is 19.4 Å². The average molecular weight is 211 g/mol. The summed E-state index contributed by atoms with van der Waals surface area (Å²) in [7, 11) is 1.66. The molecular weight excluding hydrogens is 194 g/mol. The van der Waals surface area contributed by atoms with Gasteiger partial charge < -0.3 is 15.0 Å². The maximum atomic E-state index is 11.5. The van der Waals surface area contributed by atoms with Crippen molar-refractivity contribution in [2.45, 2.75) is 20.0 Å². The first-order chi connectivity index (χ1) is 7.02. The second kappa shape index (κ2) is 4.93. The smallest absolute Gasteiger partial charge is 0.293 e. The highest BCUT2D eigenvalue weighted by Crippen LogP contribution is 2.01. The molecule has 1 atom stereocenters. The second-order valence-corrected chi connectivity index (χ2v) is 3.88. The summed E-state index contributed by atoms with van der Waals surface area (Å²) in [5.74, 6) is 0.435. The van der Waals surface area contributed by atoms with Gasteiger partial charge >= 0.3 is 0 Å². The molecule has 5 nitrogen and oxygen atoms in total. The van der Waals surface area contributed by atoms with E-state index in [0.29, 0.717) is 6.54 Å². The fourth-order valence-electron chi connectivity index (χ4n) is 1.06. The van der Waals surface area contributed by atoms with Gasteiger partial charge in [0.1, 0.15) is 0 Å². The van der Waals surface area contributed by atoms with Crippen LogP contribution in [-0.4, -0.2) is 27.3 Å². The molecule has 0 bridgehead atoms. The minimum Gasteiger partial charge on any atom is -0.391 e. The lowest BCUT2D eigenvalue weighted by Gasteiger charge is -2.15. The Morgan fingerprint density at radius 2 is 2.27 bits per heavy atom. The van der Waals surface area contributed by atoms with E-state index in [1.165, 1.54) is 4.57 Å². The van der Waals surface area contributed by atoms with Crippen LogP contribution < -0.4 is 10.9 Å². The van der Waals surface area contributed by atoms with Crippen LogP contribution in [0.25, 0.3) is 0 Å². The summed E-state index contributed by atoms with van der Waals surface area (Å²) in [6.07, 6.45) is 2.66. The van der Waals surface area contributed by atoms with Gasteiger partial charge in [-0.1, -0.05) is 13.8 Å². The summed E-state index contributed by atoms with van der Waals surface area (Å²) < 4.78 is 1.44. The summed E-state index contributed by atoms with van der Waals surface area (Å²) in [6.45, 7) is 4.18. The fraction of sp³-hybridized carbons (Fsp3) is 0.600. The molecule has 15 heavy (non-hydrogen) atoms. The van der Waals surface area contributed by atoms with Crippen molar-refractivity contribution in [2.24, 2.45) is 13.0 Å². The zero-order chi connectivity index (χ0) is 11.4. The van der Waals surface area contributed by atoms with Gasteiger partial charge in [-0.05, 0) is 5.92 Å². The van der Waals surface area contributed by atoms with E-state index in [2.05, 4.69) is 10.3 Å². The van der Waals surface area contributed by atoms with Crippen LogP contribution >= 0.6 is 0 Å². The first-order valence-corrected chi connectivity index (χ1v) is 4.96. The number of aryl methyl sites for hydroxylation is 1. The Labute approximate surface area is 88.8 Å². The van der Waals surface area contributed by atoms with Crippen molar-refractivity contribution in [3.05, 3.63) is 22.7 Å². The SMILES string of the molecule is CC(C)C(O)CNc1nccn(C)c1=O. The lowest BCUT2D eigenvalue weighted by molar-refractivity contribution is 0.138. The van der Waals surface area contributed by atoms with Crippen LogP contribution in [0.4, 0.5) is 5.82 Å². The normalized spacial score (nSPS) is 12.9. The summed E-state index contributed by atoms with van der Waals surface area (Å²) in [4.78, 5) is 15.4. The number of rotatable bonds is 4. The van der Waals surface area contributed by atoms with Gasteiger partial charge in [0.05, 0.1) is 6.10 Å². The zero-order valence-corrected chi connectivity index (χ0v) is 9.27.